The number of ether oxygens (including phenoxy) is 2. The molecule has 2 amide bonds. The highest BCUT2D eigenvalue weighted by molar-refractivity contribution is 6.01. The Hall–Kier alpha value is -2.12. The van der Waals surface area contributed by atoms with Crippen LogP contribution in [0, 0.1) is 0 Å². The van der Waals surface area contributed by atoms with E-state index in [9.17, 15) is 9.59 Å². The molecule has 1 unspecified atom stereocenters. The fourth-order valence-corrected chi connectivity index (χ4v) is 4.03. The van der Waals surface area contributed by atoms with Crippen LogP contribution in [0.2, 0.25) is 0 Å². The normalized spacial score (nSPS) is 25.4. The molecule has 0 bridgehead atoms. The molecule has 1 spiro atoms. The van der Waals surface area contributed by atoms with Gasteiger partial charge in [-0.05, 0) is 24.6 Å². The summed E-state index contributed by atoms with van der Waals surface area (Å²) in [5, 5.41) is 2.43. The lowest BCUT2D eigenvalue weighted by Crippen LogP contribution is -2.51. The molecule has 7 nitrogen and oxygen atoms in total. The van der Waals surface area contributed by atoms with E-state index in [0.717, 1.165) is 37.3 Å². The number of nitrogens with zero attached hydrogens (tertiary/aromatic N) is 2. The van der Waals surface area contributed by atoms with Crippen LogP contribution < -0.4 is 15.1 Å². The van der Waals surface area contributed by atoms with Crippen molar-refractivity contribution in [3.8, 4) is 0 Å². The number of piperidine rings is 2. The summed E-state index contributed by atoms with van der Waals surface area (Å²) in [7, 11) is 1.91. The maximum atomic E-state index is 12.1. The van der Waals surface area contributed by atoms with Crippen LogP contribution in [-0.2, 0) is 19.1 Å². The first-order valence-corrected chi connectivity index (χ1v) is 9.26. The highest BCUT2D eigenvalue weighted by Crippen LogP contribution is 2.34. The molecule has 1 N–H and O–H groups in total. The first kappa shape index (κ1) is 17.3. The van der Waals surface area contributed by atoms with Gasteiger partial charge in [-0.15, -0.1) is 0 Å². The minimum Gasteiger partial charge on any atom is -0.371 e. The molecule has 3 fully saturated rings. The smallest absolute Gasteiger partial charge is 0.249 e. The standard InChI is InChI=1S/C19H25N3O4/c1-21(16-5-6-17(23)20-18(16)24)14-3-2-4-15(13-14)22-9-7-19(8-10-22)25-11-12-26-19/h2-4,13,16H,5-12H2,1H3,(H,20,23,24). The first-order valence-electron chi connectivity index (χ1n) is 9.26. The van der Waals surface area contributed by atoms with E-state index >= 15 is 0 Å². The van der Waals surface area contributed by atoms with E-state index in [2.05, 4.69) is 22.3 Å². The maximum Gasteiger partial charge on any atom is 0.249 e. The number of carbonyl (C=O) groups is 2. The van der Waals surface area contributed by atoms with Gasteiger partial charge in [-0.25, -0.2) is 0 Å². The highest BCUT2D eigenvalue weighted by atomic mass is 16.7. The van der Waals surface area contributed by atoms with Crippen LogP contribution in [0.3, 0.4) is 0 Å². The second kappa shape index (κ2) is 6.89. The summed E-state index contributed by atoms with van der Waals surface area (Å²) in [5.74, 6) is -0.783. The molecule has 0 aromatic heterocycles. The van der Waals surface area contributed by atoms with Crippen molar-refractivity contribution in [2.45, 2.75) is 37.5 Å². The van der Waals surface area contributed by atoms with Gasteiger partial charge in [0.2, 0.25) is 11.8 Å². The van der Waals surface area contributed by atoms with E-state index in [1.165, 1.54) is 0 Å². The average molecular weight is 359 g/mol. The summed E-state index contributed by atoms with van der Waals surface area (Å²) in [6.07, 6.45) is 2.65. The van der Waals surface area contributed by atoms with Crippen LogP contribution in [0.4, 0.5) is 11.4 Å². The monoisotopic (exact) mass is 359 g/mol. The van der Waals surface area contributed by atoms with Gasteiger partial charge in [-0.1, -0.05) is 6.07 Å². The largest absolute Gasteiger partial charge is 0.371 e. The van der Waals surface area contributed by atoms with Gasteiger partial charge in [0.15, 0.2) is 5.79 Å². The van der Waals surface area contributed by atoms with Gasteiger partial charge < -0.3 is 19.3 Å². The Bertz CT molecular complexity index is 692. The predicted octanol–water partition coefficient (Wildman–Crippen LogP) is 1.27. The molecule has 0 radical (unpaired) electrons. The third-order valence-electron chi connectivity index (χ3n) is 5.62. The molecular formula is C19H25N3O4. The summed E-state index contributed by atoms with van der Waals surface area (Å²) >= 11 is 0. The molecule has 0 saturated carbocycles. The summed E-state index contributed by atoms with van der Waals surface area (Å²) in [5.41, 5.74) is 2.11. The Labute approximate surface area is 153 Å². The summed E-state index contributed by atoms with van der Waals surface area (Å²) in [4.78, 5) is 27.8. The van der Waals surface area contributed by atoms with Gasteiger partial charge >= 0.3 is 0 Å². The van der Waals surface area contributed by atoms with Gasteiger partial charge in [0.1, 0.15) is 6.04 Å². The SMILES string of the molecule is CN(c1cccc(N2CCC3(CC2)OCCO3)c1)C1CCC(=O)NC1=O. The van der Waals surface area contributed by atoms with E-state index in [0.29, 0.717) is 26.1 Å². The number of likely N-dealkylation sites (N-methyl/N-ethyl adjacent to an activating group) is 1. The fourth-order valence-electron chi connectivity index (χ4n) is 4.03. The molecule has 4 rings (SSSR count). The van der Waals surface area contributed by atoms with Crippen molar-refractivity contribution in [2.24, 2.45) is 0 Å². The minimum absolute atomic E-state index is 0.188. The molecule has 1 atom stereocenters. The van der Waals surface area contributed by atoms with Gasteiger partial charge in [-0.3, -0.25) is 14.9 Å². The molecule has 7 heteroatoms. The zero-order chi connectivity index (χ0) is 18.1. The van der Waals surface area contributed by atoms with Crippen LogP contribution in [0.1, 0.15) is 25.7 Å². The van der Waals surface area contributed by atoms with Crippen LogP contribution in [0.15, 0.2) is 24.3 Å². The molecule has 140 valence electrons. The maximum absolute atomic E-state index is 12.1. The number of hydrogen-bond acceptors (Lipinski definition) is 6. The highest BCUT2D eigenvalue weighted by Gasteiger charge is 2.40. The van der Waals surface area contributed by atoms with Gasteiger partial charge in [0.25, 0.3) is 0 Å². The Morgan fingerprint density at radius 2 is 1.92 bits per heavy atom. The number of hydrogen-bond donors (Lipinski definition) is 1. The molecule has 3 saturated heterocycles. The van der Waals surface area contributed by atoms with Crippen LogP contribution in [0.25, 0.3) is 0 Å². The fraction of sp³-hybridized carbons (Fsp3) is 0.579. The number of benzene rings is 1. The molecule has 3 aliphatic rings. The third kappa shape index (κ3) is 3.29. The van der Waals surface area contributed by atoms with Crippen molar-refractivity contribution < 1.29 is 19.1 Å². The Morgan fingerprint density at radius 3 is 2.62 bits per heavy atom. The lowest BCUT2D eigenvalue weighted by Gasteiger charge is -2.39. The second-order valence-electron chi connectivity index (χ2n) is 7.19. The van der Waals surface area contributed by atoms with E-state index in [-0.39, 0.29) is 23.6 Å². The number of anilines is 2. The van der Waals surface area contributed by atoms with Crippen molar-refractivity contribution in [1.29, 1.82) is 0 Å². The zero-order valence-corrected chi connectivity index (χ0v) is 15.1. The topological polar surface area (TPSA) is 71.1 Å². The van der Waals surface area contributed by atoms with Crippen molar-refractivity contribution in [2.75, 3.05) is 43.2 Å². The number of imide groups is 1. The van der Waals surface area contributed by atoms with Crippen molar-refractivity contribution in [3.05, 3.63) is 24.3 Å². The van der Waals surface area contributed by atoms with E-state index in [1.807, 2.05) is 24.1 Å². The molecular weight excluding hydrogens is 334 g/mol. The van der Waals surface area contributed by atoms with E-state index in [1.54, 1.807) is 0 Å². The van der Waals surface area contributed by atoms with E-state index in [4.69, 9.17) is 9.47 Å². The number of amides is 2. The zero-order valence-electron chi connectivity index (χ0n) is 15.1. The lowest BCUT2D eigenvalue weighted by molar-refractivity contribution is -0.169. The lowest BCUT2D eigenvalue weighted by atomic mass is 10.0. The number of nitrogens with one attached hydrogen (secondary N) is 1. The first-order chi connectivity index (χ1) is 12.6. The molecule has 1 aromatic rings. The molecule has 1 aromatic carbocycles. The minimum atomic E-state index is -0.377. The van der Waals surface area contributed by atoms with Crippen molar-refractivity contribution in [1.82, 2.24) is 5.32 Å². The van der Waals surface area contributed by atoms with Crippen molar-refractivity contribution >= 4 is 23.2 Å². The van der Waals surface area contributed by atoms with Gasteiger partial charge in [0.05, 0.1) is 13.2 Å². The van der Waals surface area contributed by atoms with Crippen molar-refractivity contribution in [3.63, 3.8) is 0 Å². The average Bonchev–Trinajstić information content (AvgIpc) is 3.10. The summed E-state index contributed by atoms with van der Waals surface area (Å²) in [6.45, 7) is 3.13. The summed E-state index contributed by atoms with van der Waals surface area (Å²) < 4.78 is 11.6. The Balaban J connectivity index is 1.45. The molecule has 3 aliphatic heterocycles. The van der Waals surface area contributed by atoms with Gasteiger partial charge in [-0.2, -0.15) is 0 Å². The number of rotatable bonds is 3. The second-order valence-corrected chi connectivity index (χ2v) is 7.19. The Kier molecular flexibility index (Phi) is 4.58. The molecule has 0 aliphatic carbocycles. The van der Waals surface area contributed by atoms with Crippen LogP contribution in [-0.4, -0.2) is 57.0 Å². The molecule has 3 heterocycles. The number of carbonyl (C=O) groups excluding carboxylic acids is 2. The van der Waals surface area contributed by atoms with Gasteiger partial charge in [0, 0.05) is 50.8 Å². The third-order valence-corrected chi connectivity index (χ3v) is 5.62. The van der Waals surface area contributed by atoms with E-state index < -0.39 is 0 Å². The molecule has 26 heavy (non-hydrogen) atoms. The van der Waals surface area contributed by atoms with Crippen LogP contribution in [0.5, 0.6) is 0 Å². The quantitative estimate of drug-likeness (QED) is 0.820. The predicted molar refractivity (Wildman–Crippen MR) is 97.1 cm³/mol. The summed E-state index contributed by atoms with van der Waals surface area (Å²) in [6, 6.07) is 7.91. The Morgan fingerprint density at radius 1 is 1.19 bits per heavy atom. The van der Waals surface area contributed by atoms with Crippen LogP contribution >= 0.6 is 0 Å².